The van der Waals surface area contributed by atoms with Crippen molar-refractivity contribution in [2.24, 2.45) is 0 Å². The number of likely N-dealkylation sites (N-methyl/N-ethyl adjacent to an activating group) is 1. The molecule has 6 nitrogen and oxygen atoms in total. The van der Waals surface area contributed by atoms with E-state index in [0.717, 1.165) is 47.2 Å². The van der Waals surface area contributed by atoms with Crippen LogP contribution in [0.3, 0.4) is 0 Å². The summed E-state index contributed by atoms with van der Waals surface area (Å²) in [6.45, 7) is 0. The first-order valence-electron chi connectivity index (χ1n) is 11.9. The smallest absolute Gasteiger partial charge is 0.372 e. The molecule has 2 aromatic carbocycles. The summed E-state index contributed by atoms with van der Waals surface area (Å²) in [6.07, 6.45) is 17.0. The van der Waals surface area contributed by atoms with Crippen LogP contribution in [0.2, 0.25) is 0 Å². The molecule has 0 radical (unpaired) electrons. The van der Waals surface area contributed by atoms with E-state index >= 15 is 0 Å². The quantitative estimate of drug-likeness (QED) is 0.588. The van der Waals surface area contributed by atoms with Crippen molar-refractivity contribution in [1.82, 2.24) is 4.90 Å². The first-order valence-corrected chi connectivity index (χ1v) is 11.9. The molecule has 1 unspecified atom stereocenters. The number of H-pyrrole nitrogens is 1. The molecule has 3 N–H and O–H groups in total. The predicted molar refractivity (Wildman–Crippen MR) is 137 cm³/mol. The largest absolute Gasteiger partial charge is 0.439 e. The third kappa shape index (κ3) is 4.20. The fraction of sp³-hybridized carbons (Fsp3) is 0.138. The second-order valence-corrected chi connectivity index (χ2v) is 9.02. The summed E-state index contributed by atoms with van der Waals surface area (Å²) in [5.74, 6) is 2.35. The highest BCUT2D eigenvalue weighted by molar-refractivity contribution is 5.69. The number of benzene rings is 2. The van der Waals surface area contributed by atoms with Crippen molar-refractivity contribution in [1.29, 1.82) is 0 Å². The lowest BCUT2D eigenvalue weighted by Gasteiger charge is -2.12. The van der Waals surface area contributed by atoms with Crippen LogP contribution >= 0.6 is 0 Å². The molecule has 174 valence electrons. The highest BCUT2D eigenvalue weighted by Crippen LogP contribution is 2.34. The molecule has 0 spiro atoms. The molecule has 6 heteroatoms. The van der Waals surface area contributed by atoms with Gasteiger partial charge in [-0.15, -0.1) is 0 Å². The molecule has 2 aliphatic heterocycles. The van der Waals surface area contributed by atoms with Gasteiger partial charge in [-0.05, 0) is 49.3 Å². The molecule has 35 heavy (non-hydrogen) atoms. The van der Waals surface area contributed by atoms with Crippen molar-refractivity contribution in [2.45, 2.75) is 12.8 Å². The summed E-state index contributed by atoms with van der Waals surface area (Å²) >= 11 is 0. The maximum absolute atomic E-state index is 5.96. The number of hydrogen-bond donors (Lipinski definition) is 2. The van der Waals surface area contributed by atoms with Crippen LogP contribution in [0.25, 0.3) is 17.2 Å². The Morgan fingerprint density at radius 2 is 1.86 bits per heavy atom. The summed E-state index contributed by atoms with van der Waals surface area (Å²) in [5.41, 5.74) is 7.91. The van der Waals surface area contributed by atoms with Gasteiger partial charge in [0.2, 0.25) is 11.1 Å². The van der Waals surface area contributed by atoms with Crippen LogP contribution in [-0.4, -0.2) is 19.0 Å². The number of quaternary nitrogens is 1. The van der Waals surface area contributed by atoms with Crippen molar-refractivity contribution in [3.8, 4) is 5.75 Å². The normalized spacial score (nSPS) is 21.3. The van der Waals surface area contributed by atoms with Gasteiger partial charge in [0, 0.05) is 37.4 Å². The molecule has 1 aromatic heterocycles. The molecule has 0 amide bonds. The third-order valence-corrected chi connectivity index (χ3v) is 6.45. The topological polar surface area (TPSA) is 56.2 Å². The molecule has 3 aromatic rings. The predicted octanol–water partition coefficient (Wildman–Crippen LogP) is 4.40. The summed E-state index contributed by atoms with van der Waals surface area (Å²) in [7, 11) is 4.14. The molecule has 6 rings (SSSR count). The fourth-order valence-corrected chi connectivity index (χ4v) is 4.67. The number of anilines is 1. The molecule has 0 fully saturated rings. The number of para-hydroxylation sites is 4. The van der Waals surface area contributed by atoms with Gasteiger partial charge >= 0.3 is 5.89 Å². The Balaban J connectivity index is 1.33. The molecule has 0 saturated carbocycles. The van der Waals surface area contributed by atoms with Crippen molar-refractivity contribution in [3.63, 3.8) is 0 Å². The Labute approximate surface area is 204 Å². The molecule has 1 aliphatic carbocycles. The first-order chi connectivity index (χ1) is 17.1. The van der Waals surface area contributed by atoms with Gasteiger partial charge in [0.15, 0.2) is 11.6 Å². The first kappa shape index (κ1) is 21.3. The maximum Gasteiger partial charge on any atom is 0.372 e. The van der Waals surface area contributed by atoms with Gasteiger partial charge < -0.3 is 19.4 Å². The zero-order chi connectivity index (χ0) is 23.8. The Bertz CT molecular complexity index is 1420. The van der Waals surface area contributed by atoms with Crippen LogP contribution < -0.4 is 19.9 Å². The van der Waals surface area contributed by atoms with Gasteiger partial charge in [-0.25, -0.2) is 4.90 Å². The lowest BCUT2D eigenvalue weighted by Crippen LogP contribution is -3.00. The summed E-state index contributed by atoms with van der Waals surface area (Å²) in [6, 6.07) is 16.0. The van der Waals surface area contributed by atoms with Gasteiger partial charge in [-0.3, -0.25) is 0 Å². The number of ether oxygens (including phenoxy) is 1. The minimum atomic E-state index is 0.746. The van der Waals surface area contributed by atoms with Crippen molar-refractivity contribution in [3.05, 3.63) is 120 Å². The standard InChI is InChI=1S/C29H26N4O2/c1-32(2)22-17-18-33(19-22)29-20(13-15-27-30-23-7-3-5-9-25(23)34-27)11-12-21(29)14-16-28-31-24-8-4-6-10-26(24)35-28/h3-10,13-19,30H,11-12H2,1-2H3/p+2/b16-14+,20-13+,27-15-. The summed E-state index contributed by atoms with van der Waals surface area (Å²) in [4.78, 5) is 6.71. The molecule has 1 atom stereocenters. The number of fused-ring (bicyclic) bond motifs is 2. The lowest BCUT2D eigenvalue weighted by molar-refractivity contribution is -0.740. The van der Waals surface area contributed by atoms with Crippen molar-refractivity contribution in [2.75, 3.05) is 19.4 Å². The highest BCUT2D eigenvalue weighted by atomic mass is 16.5. The van der Waals surface area contributed by atoms with Gasteiger partial charge in [0.25, 0.3) is 0 Å². The second kappa shape index (κ2) is 8.81. The average Bonchev–Trinajstić information content (AvgIpc) is 3.65. The second-order valence-electron chi connectivity index (χ2n) is 9.02. The maximum atomic E-state index is 5.96. The van der Waals surface area contributed by atoms with Crippen molar-refractivity contribution < 1.29 is 19.0 Å². The number of oxazole rings is 1. The molecule has 3 aliphatic rings. The van der Waals surface area contributed by atoms with Gasteiger partial charge in [0.05, 0.1) is 17.5 Å². The van der Waals surface area contributed by atoms with E-state index in [0.29, 0.717) is 0 Å². The van der Waals surface area contributed by atoms with Crippen LogP contribution in [0.4, 0.5) is 5.69 Å². The average molecular weight is 465 g/mol. The third-order valence-electron chi connectivity index (χ3n) is 6.45. The number of nitrogens with one attached hydrogen (secondary N) is 3. The van der Waals surface area contributed by atoms with Gasteiger partial charge in [-0.2, -0.15) is 4.98 Å². The Morgan fingerprint density at radius 1 is 1.00 bits per heavy atom. The number of aromatic nitrogens is 1. The van der Waals surface area contributed by atoms with E-state index in [2.05, 4.69) is 59.9 Å². The van der Waals surface area contributed by atoms with E-state index in [1.165, 1.54) is 27.4 Å². The lowest BCUT2D eigenvalue weighted by atomic mass is 10.1. The zero-order valence-corrected chi connectivity index (χ0v) is 19.8. The van der Waals surface area contributed by atoms with Gasteiger partial charge in [-0.1, -0.05) is 24.3 Å². The molecular formula is C29H28N4O2+2. The number of hydrogen-bond acceptors (Lipinski definition) is 4. The Kier molecular flexibility index (Phi) is 5.35. The van der Waals surface area contributed by atoms with E-state index in [-0.39, 0.29) is 0 Å². The summed E-state index contributed by atoms with van der Waals surface area (Å²) in [5, 5.41) is 3.34. The summed E-state index contributed by atoms with van der Waals surface area (Å²) < 4.78 is 11.9. The van der Waals surface area contributed by atoms with E-state index in [4.69, 9.17) is 9.15 Å². The molecule has 3 heterocycles. The molecular weight excluding hydrogens is 436 g/mol. The minimum Gasteiger partial charge on any atom is -0.439 e. The number of aromatic amines is 1. The van der Waals surface area contributed by atoms with E-state index in [1.807, 2.05) is 60.7 Å². The van der Waals surface area contributed by atoms with E-state index in [1.54, 1.807) is 0 Å². The van der Waals surface area contributed by atoms with Crippen LogP contribution in [0, 0.1) is 0 Å². The van der Waals surface area contributed by atoms with Gasteiger partial charge in [0.1, 0.15) is 18.1 Å². The number of rotatable bonds is 5. The van der Waals surface area contributed by atoms with Crippen LogP contribution in [0.15, 0.2) is 118 Å². The van der Waals surface area contributed by atoms with Crippen LogP contribution in [0.5, 0.6) is 5.75 Å². The number of nitrogens with zero attached hydrogens (tertiary/aromatic N) is 1. The fourth-order valence-electron chi connectivity index (χ4n) is 4.67. The number of allylic oxidation sites excluding steroid dienone is 6. The SMILES string of the molecule is CN(C)C1=C[NH+](C2=C(/C=C/c3[nH+]c4ccccc4o3)CC/C2=C\C=C2\Nc3ccccc3O2)C=C1. The van der Waals surface area contributed by atoms with E-state index in [9.17, 15) is 0 Å². The van der Waals surface area contributed by atoms with Crippen LogP contribution in [0.1, 0.15) is 18.7 Å². The zero-order valence-electron chi connectivity index (χ0n) is 19.8. The monoisotopic (exact) mass is 464 g/mol. The Hall–Kier alpha value is -4.29. The highest BCUT2D eigenvalue weighted by Gasteiger charge is 2.29. The van der Waals surface area contributed by atoms with Crippen molar-refractivity contribution >= 4 is 22.9 Å². The van der Waals surface area contributed by atoms with E-state index < -0.39 is 0 Å². The minimum absolute atomic E-state index is 0.746. The molecule has 0 bridgehead atoms. The Morgan fingerprint density at radius 3 is 2.69 bits per heavy atom. The van der Waals surface area contributed by atoms with Crippen LogP contribution in [-0.2, 0) is 0 Å². The molecule has 0 saturated heterocycles.